The highest BCUT2D eigenvalue weighted by Crippen LogP contribution is 2.26. The van der Waals surface area contributed by atoms with Crippen LogP contribution in [-0.2, 0) is 11.3 Å². The molecule has 2 aromatic rings. The first kappa shape index (κ1) is 20.5. The lowest BCUT2D eigenvalue weighted by atomic mass is 10.1. The van der Waals surface area contributed by atoms with E-state index in [4.69, 9.17) is 0 Å². The highest BCUT2D eigenvalue weighted by molar-refractivity contribution is 8.00. The van der Waals surface area contributed by atoms with Crippen molar-refractivity contribution in [3.63, 3.8) is 0 Å². The van der Waals surface area contributed by atoms with E-state index in [1.165, 1.54) is 23.9 Å². The number of unbranched alkanes of at least 4 members (excludes halogenated alkanes) is 1. The molecular formula is C20H28FN3OS. The Balaban J connectivity index is 2.02. The Labute approximate surface area is 159 Å². The van der Waals surface area contributed by atoms with Crippen LogP contribution in [0.15, 0.2) is 29.4 Å². The van der Waals surface area contributed by atoms with E-state index in [1.54, 1.807) is 12.1 Å². The molecule has 0 radical (unpaired) electrons. The number of imidazole rings is 1. The molecule has 0 saturated carbocycles. The third-order valence-electron chi connectivity index (χ3n) is 4.54. The number of benzene rings is 1. The molecule has 0 aliphatic heterocycles. The zero-order valence-electron chi connectivity index (χ0n) is 16.2. The summed E-state index contributed by atoms with van der Waals surface area (Å²) >= 11 is 1.48. The zero-order chi connectivity index (χ0) is 19.3. The van der Waals surface area contributed by atoms with Crippen LogP contribution in [0, 0.1) is 19.7 Å². The molecule has 2 rings (SSSR count). The van der Waals surface area contributed by atoms with Gasteiger partial charge in [0.1, 0.15) is 5.82 Å². The van der Waals surface area contributed by atoms with Crippen LogP contribution in [0.5, 0.6) is 0 Å². The predicted octanol–water partition coefficient (Wildman–Crippen LogP) is 4.80. The number of carbonyl (C=O) groups excluding carboxylic acids is 1. The van der Waals surface area contributed by atoms with Gasteiger partial charge in [0.2, 0.25) is 5.91 Å². The predicted molar refractivity (Wildman–Crippen MR) is 105 cm³/mol. The summed E-state index contributed by atoms with van der Waals surface area (Å²) in [4.78, 5) is 17.2. The maximum atomic E-state index is 13.0. The van der Waals surface area contributed by atoms with E-state index in [0.717, 1.165) is 41.5 Å². The summed E-state index contributed by atoms with van der Waals surface area (Å²) in [5, 5.41) is 3.63. The van der Waals surface area contributed by atoms with Crippen molar-refractivity contribution in [2.24, 2.45) is 0 Å². The molecule has 4 nitrogen and oxygen atoms in total. The molecule has 0 bridgehead atoms. The van der Waals surface area contributed by atoms with Gasteiger partial charge in [-0.15, -0.1) is 0 Å². The molecule has 0 saturated heterocycles. The standard InChI is InChI=1S/C20H28FN3OS/c1-6-7-12-24-15(4)13(2)23-20(24)26-16(5)19(25)22-14(3)17-8-10-18(21)11-9-17/h8-11,14,16H,6-7,12H2,1-5H3,(H,22,25). The first-order valence-corrected chi connectivity index (χ1v) is 9.97. The summed E-state index contributed by atoms with van der Waals surface area (Å²) in [5.74, 6) is -0.326. The van der Waals surface area contributed by atoms with Gasteiger partial charge in [-0.3, -0.25) is 4.79 Å². The Morgan fingerprint density at radius 2 is 1.92 bits per heavy atom. The molecule has 6 heteroatoms. The molecule has 0 fully saturated rings. The van der Waals surface area contributed by atoms with E-state index < -0.39 is 0 Å². The maximum absolute atomic E-state index is 13.0. The van der Waals surface area contributed by atoms with Gasteiger partial charge >= 0.3 is 0 Å². The molecule has 2 atom stereocenters. The number of rotatable bonds is 8. The monoisotopic (exact) mass is 377 g/mol. The van der Waals surface area contributed by atoms with E-state index in [2.05, 4.69) is 28.7 Å². The quantitative estimate of drug-likeness (QED) is 0.672. The summed E-state index contributed by atoms with van der Waals surface area (Å²) in [6.07, 6.45) is 2.21. The Morgan fingerprint density at radius 1 is 1.27 bits per heavy atom. The molecule has 0 spiro atoms. The average molecular weight is 378 g/mol. The number of aromatic nitrogens is 2. The van der Waals surface area contributed by atoms with Crippen molar-refractivity contribution >= 4 is 17.7 Å². The summed E-state index contributed by atoms with van der Waals surface area (Å²) in [6.45, 7) is 11.0. The van der Waals surface area contributed by atoms with Crippen LogP contribution in [0.3, 0.4) is 0 Å². The van der Waals surface area contributed by atoms with Gasteiger partial charge in [0.05, 0.1) is 17.0 Å². The number of hydrogen-bond donors (Lipinski definition) is 1. The van der Waals surface area contributed by atoms with E-state index in [1.807, 2.05) is 20.8 Å². The van der Waals surface area contributed by atoms with E-state index >= 15 is 0 Å². The Kier molecular flexibility index (Phi) is 7.26. The summed E-state index contributed by atoms with van der Waals surface area (Å²) in [7, 11) is 0. The van der Waals surface area contributed by atoms with Crippen LogP contribution in [0.1, 0.15) is 56.6 Å². The SMILES string of the molecule is CCCCn1c(SC(C)C(=O)NC(C)c2ccc(F)cc2)nc(C)c1C. The highest BCUT2D eigenvalue weighted by Gasteiger charge is 2.21. The number of halogens is 1. The third-order valence-corrected chi connectivity index (χ3v) is 5.63. The van der Waals surface area contributed by atoms with Crippen molar-refractivity contribution < 1.29 is 9.18 Å². The largest absolute Gasteiger partial charge is 0.349 e. The normalized spacial score (nSPS) is 13.5. The van der Waals surface area contributed by atoms with Crippen LogP contribution >= 0.6 is 11.8 Å². The number of nitrogens with zero attached hydrogens (tertiary/aromatic N) is 2. The lowest BCUT2D eigenvalue weighted by Gasteiger charge is -2.18. The molecular weight excluding hydrogens is 349 g/mol. The van der Waals surface area contributed by atoms with Crippen LogP contribution in [0.2, 0.25) is 0 Å². The number of amides is 1. The minimum Gasteiger partial charge on any atom is -0.349 e. The molecule has 26 heavy (non-hydrogen) atoms. The van der Waals surface area contributed by atoms with Crippen molar-refractivity contribution in [2.75, 3.05) is 0 Å². The van der Waals surface area contributed by atoms with Crippen LogP contribution in [0.25, 0.3) is 0 Å². The Bertz CT molecular complexity index is 742. The number of thioether (sulfide) groups is 1. The third kappa shape index (κ3) is 5.10. The van der Waals surface area contributed by atoms with Gasteiger partial charge in [-0.05, 0) is 51.8 Å². The van der Waals surface area contributed by atoms with Crippen LogP contribution in [-0.4, -0.2) is 20.7 Å². The second kappa shape index (κ2) is 9.21. The molecule has 1 aromatic carbocycles. The molecule has 2 unspecified atom stereocenters. The second-order valence-corrected chi connectivity index (χ2v) is 7.92. The first-order valence-electron chi connectivity index (χ1n) is 9.09. The Hall–Kier alpha value is -1.82. The molecule has 0 aliphatic carbocycles. The lowest BCUT2D eigenvalue weighted by molar-refractivity contribution is -0.120. The van der Waals surface area contributed by atoms with Gasteiger partial charge in [0.25, 0.3) is 0 Å². The van der Waals surface area contributed by atoms with Crippen molar-refractivity contribution in [2.45, 2.75) is 70.5 Å². The average Bonchev–Trinajstić information content (AvgIpc) is 2.87. The van der Waals surface area contributed by atoms with Crippen molar-refractivity contribution in [1.29, 1.82) is 0 Å². The van der Waals surface area contributed by atoms with Crippen LogP contribution in [0.4, 0.5) is 4.39 Å². The molecule has 1 heterocycles. The number of aryl methyl sites for hydroxylation is 1. The molecule has 1 amide bonds. The van der Waals surface area contributed by atoms with Crippen molar-refractivity contribution in [3.8, 4) is 0 Å². The van der Waals surface area contributed by atoms with Gasteiger partial charge < -0.3 is 9.88 Å². The molecule has 0 aliphatic rings. The van der Waals surface area contributed by atoms with E-state index in [-0.39, 0.29) is 23.0 Å². The minimum atomic E-state index is -0.277. The highest BCUT2D eigenvalue weighted by atomic mass is 32.2. The summed E-state index contributed by atoms with van der Waals surface area (Å²) < 4.78 is 15.2. The second-order valence-electron chi connectivity index (χ2n) is 6.61. The minimum absolute atomic E-state index is 0.0489. The maximum Gasteiger partial charge on any atom is 0.233 e. The van der Waals surface area contributed by atoms with E-state index in [9.17, 15) is 9.18 Å². The summed E-state index contributed by atoms with van der Waals surface area (Å²) in [5.41, 5.74) is 3.05. The zero-order valence-corrected chi connectivity index (χ0v) is 17.0. The lowest BCUT2D eigenvalue weighted by Crippen LogP contribution is -2.33. The fourth-order valence-corrected chi connectivity index (χ4v) is 3.71. The van der Waals surface area contributed by atoms with Gasteiger partial charge in [0.15, 0.2) is 5.16 Å². The van der Waals surface area contributed by atoms with Crippen LogP contribution < -0.4 is 5.32 Å². The van der Waals surface area contributed by atoms with E-state index in [0.29, 0.717) is 0 Å². The van der Waals surface area contributed by atoms with Gasteiger partial charge in [-0.2, -0.15) is 0 Å². The topological polar surface area (TPSA) is 46.9 Å². The van der Waals surface area contributed by atoms with Gasteiger partial charge in [-0.25, -0.2) is 9.37 Å². The fraction of sp³-hybridized carbons (Fsp3) is 0.500. The van der Waals surface area contributed by atoms with Gasteiger partial charge in [-0.1, -0.05) is 37.2 Å². The van der Waals surface area contributed by atoms with Crippen molar-refractivity contribution in [1.82, 2.24) is 14.9 Å². The fourth-order valence-electron chi connectivity index (χ4n) is 2.67. The number of hydrogen-bond acceptors (Lipinski definition) is 3. The molecule has 1 N–H and O–H groups in total. The molecule has 142 valence electrons. The number of carbonyl (C=O) groups is 1. The van der Waals surface area contributed by atoms with Crippen molar-refractivity contribution in [3.05, 3.63) is 47.0 Å². The smallest absolute Gasteiger partial charge is 0.233 e. The Morgan fingerprint density at radius 3 is 2.54 bits per heavy atom. The van der Waals surface area contributed by atoms with Gasteiger partial charge in [0, 0.05) is 12.2 Å². The number of nitrogens with one attached hydrogen (secondary N) is 1. The molecule has 1 aromatic heterocycles. The summed E-state index contributed by atoms with van der Waals surface area (Å²) in [6, 6.07) is 6.04. The first-order chi connectivity index (χ1) is 12.3.